The van der Waals surface area contributed by atoms with Gasteiger partial charge in [-0.15, -0.1) is 0 Å². The van der Waals surface area contributed by atoms with Crippen LogP contribution < -0.4 is 0 Å². The summed E-state index contributed by atoms with van der Waals surface area (Å²) < 4.78 is 3.83. The Bertz CT molecular complexity index is 926. The van der Waals surface area contributed by atoms with Gasteiger partial charge in [0.15, 0.2) is 5.82 Å². The van der Waals surface area contributed by atoms with Gasteiger partial charge in [0.2, 0.25) is 0 Å². The first-order valence-electron chi connectivity index (χ1n) is 9.86. The van der Waals surface area contributed by atoms with Crippen molar-refractivity contribution in [3.8, 4) is 11.4 Å². The molecule has 1 aromatic carbocycles. The molecule has 1 fully saturated rings. The number of likely N-dealkylation sites (tertiary alicyclic amines) is 1. The Morgan fingerprint density at radius 2 is 2.18 bits per heavy atom. The van der Waals surface area contributed by atoms with Gasteiger partial charge in [-0.2, -0.15) is 5.10 Å². The van der Waals surface area contributed by atoms with Crippen LogP contribution in [0.5, 0.6) is 0 Å². The first-order chi connectivity index (χ1) is 13.6. The zero-order chi connectivity index (χ0) is 19.5. The Hall–Kier alpha value is -2.96. The first-order valence-corrected chi connectivity index (χ1v) is 9.86. The van der Waals surface area contributed by atoms with Crippen molar-refractivity contribution in [1.29, 1.82) is 0 Å². The van der Waals surface area contributed by atoms with Crippen LogP contribution in [0.4, 0.5) is 0 Å². The molecule has 1 saturated heterocycles. The zero-order valence-electron chi connectivity index (χ0n) is 16.5. The average Bonchev–Trinajstić information content (AvgIpc) is 3.36. The van der Waals surface area contributed by atoms with E-state index in [0.717, 1.165) is 43.7 Å². The van der Waals surface area contributed by atoms with E-state index in [1.807, 2.05) is 50.8 Å². The second-order valence-electron chi connectivity index (χ2n) is 7.42. The molecule has 0 radical (unpaired) electrons. The van der Waals surface area contributed by atoms with Crippen LogP contribution in [-0.2, 0) is 13.6 Å². The molecule has 3 heterocycles. The van der Waals surface area contributed by atoms with Gasteiger partial charge in [0.05, 0.1) is 6.33 Å². The number of benzene rings is 1. The van der Waals surface area contributed by atoms with Gasteiger partial charge >= 0.3 is 0 Å². The van der Waals surface area contributed by atoms with Gasteiger partial charge in [0.25, 0.3) is 5.91 Å². The van der Waals surface area contributed by atoms with E-state index in [1.165, 1.54) is 6.42 Å². The number of nitrogens with zero attached hydrogens (tertiary/aromatic N) is 6. The third kappa shape index (κ3) is 3.83. The molecule has 28 heavy (non-hydrogen) atoms. The molecular weight excluding hydrogens is 352 g/mol. The molecule has 1 aliphatic rings. The smallest absolute Gasteiger partial charge is 0.254 e. The van der Waals surface area contributed by atoms with E-state index in [9.17, 15) is 4.79 Å². The van der Waals surface area contributed by atoms with Crippen LogP contribution in [0.1, 0.15) is 41.9 Å². The lowest BCUT2D eigenvalue weighted by molar-refractivity contribution is 0.0595. The molecule has 3 aromatic rings. The number of aryl methyl sites for hydroxylation is 3. The molecule has 1 amide bonds. The number of amides is 1. The summed E-state index contributed by atoms with van der Waals surface area (Å²) in [6.07, 6.45) is 9.84. The highest BCUT2D eigenvalue weighted by atomic mass is 16.2. The maximum atomic E-state index is 13.3. The summed E-state index contributed by atoms with van der Waals surface area (Å²) >= 11 is 0. The lowest BCUT2D eigenvalue weighted by Gasteiger charge is -2.36. The van der Waals surface area contributed by atoms with Crippen molar-refractivity contribution >= 4 is 5.91 Å². The van der Waals surface area contributed by atoms with Crippen LogP contribution in [-0.4, -0.2) is 47.7 Å². The van der Waals surface area contributed by atoms with Gasteiger partial charge in [0.1, 0.15) is 5.82 Å². The van der Waals surface area contributed by atoms with E-state index in [0.29, 0.717) is 11.4 Å². The normalized spacial score (nSPS) is 17.1. The Balaban J connectivity index is 1.52. The number of imidazole rings is 1. The number of hydrogen-bond acceptors (Lipinski definition) is 4. The van der Waals surface area contributed by atoms with Gasteiger partial charge in [-0.3, -0.25) is 9.48 Å². The highest BCUT2D eigenvalue weighted by molar-refractivity contribution is 5.95. The van der Waals surface area contributed by atoms with Crippen LogP contribution in [0.2, 0.25) is 0 Å². The molecule has 1 atom stereocenters. The molecule has 0 aliphatic carbocycles. The van der Waals surface area contributed by atoms with Crippen LogP contribution >= 0.6 is 0 Å². The fourth-order valence-electron chi connectivity index (χ4n) is 3.83. The highest BCUT2D eigenvalue weighted by Gasteiger charge is 2.27. The summed E-state index contributed by atoms with van der Waals surface area (Å²) in [5.41, 5.74) is 1.58. The summed E-state index contributed by atoms with van der Waals surface area (Å²) in [7, 11) is 1.87. The monoisotopic (exact) mass is 378 g/mol. The number of rotatable bonds is 5. The zero-order valence-corrected chi connectivity index (χ0v) is 16.5. The van der Waals surface area contributed by atoms with E-state index in [2.05, 4.69) is 24.5 Å². The number of aromatic nitrogens is 5. The predicted molar refractivity (Wildman–Crippen MR) is 107 cm³/mol. The molecule has 2 aromatic heterocycles. The molecular formula is C21H26N6O. The van der Waals surface area contributed by atoms with Gasteiger partial charge in [-0.05, 0) is 44.7 Å². The van der Waals surface area contributed by atoms with Gasteiger partial charge < -0.3 is 9.47 Å². The van der Waals surface area contributed by atoms with E-state index in [1.54, 1.807) is 10.9 Å². The van der Waals surface area contributed by atoms with Crippen molar-refractivity contribution in [2.45, 2.75) is 45.2 Å². The minimum Gasteiger partial charge on any atom is -0.337 e. The van der Waals surface area contributed by atoms with E-state index in [4.69, 9.17) is 0 Å². The molecule has 7 heteroatoms. The third-order valence-corrected chi connectivity index (χ3v) is 5.52. The van der Waals surface area contributed by atoms with Crippen molar-refractivity contribution < 1.29 is 4.79 Å². The minimum atomic E-state index is 0.102. The Morgan fingerprint density at radius 3 is 2.93 bits per heavy atom. The van der Waals surface area contributed by atoms with E-state index in [-0.39, 0.29) is 11.9 Å². The fraction of sp³-hybridized carbons (Fsp3) is 0.429. The van der Waals surface area contributed by atoms with Crippen molar-refractivity contribution in [2.24, 2.45) is 7.05 Å². The van der Waals surface area contributed by atoms with Crippen molar-refractivity contribution in [1.82, 2.24) is 29.2 Å². The molecule has 0 unspecified atom stereocenters. The van der Waals surface area contributed by atoms with E-state index < -0.39 is 0 Å². The fourth-order valence-corrected chi connectivity index (χ4v) is 3.83. The molecule has 0 bridgehead atoms. The second-order valence-corrected chi connectivity index (χ2v) is 7.42. The largest absolute Gasteiger partial charge is 0.337 e. The molecule has 0 saturated carbocycles. The molecule has 146 valence electrons. The summed E-state index contributed by atoms with van der Waals surface area (Å²) in [5.74, 6) is 1.61. The van der Waals surface area contributed by atoms with Crippen molar-refractivity contribution in [2.75, 3.05) is 6.54 Å². The topological polar surface area (TPSA) is 68.8 Å². The van der Waals surface area contributed by atoms with Gasteiger partial charge in [-0.25, -0.2) is 9.97 Å². The lowest BCUT2D eigenvalue weighted by atomic mass is 9.97. The van der Waals surface area contributed by atoms with Crippen molar-refractivity contribution in [3.63, 3.8) is 0 Å². The van der Waals surface area contributed by atoms with Crippen LogP contribution in [0.15, 0.2) is 43.0 Å². The first kappa shape index (κ1) is 18.4. The quantitative estimate of drug-likeness (QED) is 0.684. The average molecular weight is 378 g/mol. The summed E-state index contributed by atoms with van der Waals surface area (Å²) in [6, 6.07) is 7.95. The standard InChI is InChI=1S/C21H26N6O/c1-16-23-20(24-25(16)2)17-6-5-7-18(14-17)21(28)27-11-4-3-8-19(27)9-12-26-13-10-22-15-26/h5-7,10,13-15,19H,3-4,8-9,11-12H2,1-2H3/t19-/m0/s1. The molecule has 4 rings (SSSR count). The lowest BCUT2D eigenvalue weighted by Crippen LogP contribution is -2.44. The molecule has 1 aliphatic heterocycles. The van der Waals surface area contributed by atoms with Crippen LogP contribution in [0.25, 0.3) is 11.4 Å². The van der Waals surface area contributed by atoms with Crippen LogP contribution in [0.3, 0.4) is 0 Å². The summed E-state index contributed by atoms with van der Waals surface area (Å²) in [6.45, 7) is 3.62. The summed E-state index contributed by atoms with van der Waals surface area (Å²) in [5, 5.41) is 4.44. The van der Waals surface area contributed by atoms with E-state index >= 15 is 0 Å². The highest BCUT2D eigenvalue weighted by Crippen LogP contribution is 2.24. The Kier molecular flexibility index (Phi) is 5.23. The Labute approximate surface area is 165 Å². The van der Waals surface area contributed by atoms with Gasteiger partial charge in [0, 0.05) is 49.7 Å². The number of carbonyl (C=O) groups is 1. The molecule has 0 N–H and O–H groups in total. The van der Waals surface area contributed by atoms with Crippen LogP contribution in [0, 0.1) is 6.92 Å². The maximum Gasteiger partial charge on any atom is 0.254 e. The van der Waals surface area contributed by atoms with Crippen molar-refractivity contribution in [3.05, 3.63) is 54.4 Å². The second kappa shape index (κ2) is 7.96. The predicted octanol–water partition coefficient (Wildman–Crippen LogP) is 3.07. The minimum absolute atomic E-state index is 0.102. The number of piperidine rings is 1. The molecule has 7 nitrogen and oxygen atoms in total. The molecule has 0 spiro atoms. The summed E-state index contributed by atoms with van der Waals surface area (Å²) in [4.78, 5) is 23.9. The SMILES string of the molecule is Cc1nc(-c2cccc(C(=O)N3CCCC[C@H]3CCn3ccnc3)c2)nn1C. The van der Waals surface area contributed by atoms with Gasteiger partial charge in [-0.1, -0.05) is 12.1 Å². The number of carbonyl (C=O) groups excluding carboxylic acids is 1. The third-order valence-electron chi connectivity index (χ3n) is 5.52. The Morgan fingerprint density at radius 1 is 1.29 bits per heavy atom. The maximum absolute atomic E-state index is 13.3. The number of hydrogen-bond donors (Lipinski definition) is 0.